The van der Waals surface area contributed by atoms with Gasteiger partial charge in [-0.2, -0.15) is 0 Å². The van der Waals surface area contributed by atoms with Crippen LogP contribution in [0.3, 0.4) is 0 Å². The second kappa shape index (κ2) is 14.7. The lowest BCUT2D eigenvalue weighted by atomic mass is 9.96. The Morgan fingerprint density at radius 3 is 1.39 bits per heavy atom. The van der Waals surface area contributed by atoms with Gasteiger partial charge in [0.2, 0.25) is 0 Å². The van der Waals surface area contributed by atoms with Gasteiger partial charge in [-0.25, -0.2) is 0 Å². The maximum atomic E-state index is 3.65. The molecule has 0 radical (unpaired) electrons. The third-order valence-corrected chi connectivity index (χ3v) is 10.5. The van der Waals surface area contributed by atoms with Crippen LogP contribution in [0.15, 0.2) is 194 Å². The van der Waals surface area contributed by atoms with Gasteiger partial charge >= 0.3 is 0 Å². The Morgan fingerprint density at radius 1 is 0.370 bits per heavy atom. The van der Waals surface area contributed by atoms with Gasteiger partial charge < -0.3 is 15.5 Å². The van der Waals surface area contributed by atoms with E-state index in [-0.39, 0.29) is 0 Å². The molecule has 0 saturated heterocycles. The minimum atomic E-state index is 0.820. The number of hydrogen-bond acceptors (Lipinski definition) is 3. The van der Waals surface area contributed by atoms with Crippen molar-refractivity contribution in [2.75, 3.05) is 22.6 Å². The first-order valence-corrected chi connectivity index (χ1v) is 18.7. The van der Waals surface area contributed by atoms with E-state index in [9.17, 15) is 0 Å². The molecular weight excluding hydrogens is 655 g/mol. The summed E-state index contributed by atoms with van der Waals surface area (Å²) in [5.41, 5.74) is 12.0. The van der Waals surface area contributed by atoms with E-state index >= 15 is 0 Å². The highest BCUT2D eigenvalue weighted by atomic mass is 15.1. The van der Waals surface area contributed by atoms with Crippen LogP contribution < -0.4 is 15.5 Å². The minimum absolute atomic E-state index is 0.820. The monoisotopic (exact) mass is 695 g/mol. The van der Waals surface area contributed by atoms with Crippen molar-refractivity contribution in [1.82, 2.24) is 0 Å². The molecule has 0 aliphatic carbocycles. The maximum absolute atomic E-state index is 3.65. The Hall–Kier alpha value is -6.84. The van der Waals surface area contributed by atoms with Crippen molar-refractivity contribution < 1.29 is 0 Å². The van der Waals surface area contributed by atoms with Crippen molar-refractivity contribution in [3.8, 4) is 0 Å². The quantitative estimate of drug-likeness (QED) is 0.149. The summed E-state index contributed by atoms with van der Waals surface area (Å²) in [6.45, 7) is 0. The highest BCUT2D eigenvalue weighted by Gasteiger charge is 2.14. The van der Waals surface area contributed by atoms with Gasteiger partial charge in [-0.3, -0.25) is 0 Å². The third-order valence-electron chi connectivity index (χ3n) is 10.5. The Balaban J connectivity index is 0.993. The summed E-state index contributed by atoms with van der Waals surface area (Å²) in [4.78, 5) is 2.35. The van der Waals surface area contributed by atoms with Gasteiger partial charge in [-0.15, -0.1) is 0 Å². The van der Waals surface area contributed by atoms with Gasteiger partial charge in [0.15, 0.2) is 0 Å². The van der Waals surface area contributed by atoms with E-state index in [1.807, 2.05) is 0 Å². The van der Waals surface area contributed by atoms with E-state index in [0.717, 1.165) is 35.6 Å². The Labute approximate surface area is 317 Å². The SMILES string of the molecule is CN(c1ccc(Cc2ccc(Nc3cccc4ccccc34)cc2)cc1Cc1ccc(Nc2cccc3ccccc23)cc1)c1cccc2ccccc12. The number of anilines is 6. The van der Waals surface area contributed by atoms with Gasteiger partial charge in [0, 0.05) is 57.3 Å². The molecule has 0 saturated carbocycles. The zero-order valence-electron chi connectivity index (χ0n) is 30.3. The molecule has 9 rings (SSSR count). The molecule has 2 N–H and O–H groups in total. The van der Waals surface area contributed by atoms with E-state index in [0.29, 0.717) is 0 Å². The summed E-state index contributed by atoms with van der Waals surface area (Å²) in [7, 11) is 2.19. The molecular formula is C51H41N3. The zero-order chi connectivity index (χ0) is 36.3. The molecule has 9 aromatic carbocycles. The van der Waals surface area contributed by atoms with E-state index in [4.69, 9.17) is 0 Å². The molecule has 0 unspecified atom stereocenters. The third kappa shape index (κ3) is 6.88. The molecule has 0 bridgehead atoms. The van der Waals surface area contributed by atoms with Crippen LogP contribution in [-0.4, -0.2) is 7.05 Å². The fourth-order valence-corrected chi connectivity index (χ4v) is 7.70. The molecule has 3 heteroatoms. The van der Waals surface area contributed by atoms with E-state index in [2.05, 4.69) is 217 Å². The van der Waals surface area contributed by atoms with E-state index in [1.54, 1.807) is 0 Å². The number of fused-ring (bicyclic) bond motifs is 3. The van der Waals surface area contributed by atoms with Crippen molar-refractivity contribution in [3.05, 3.63) is 216 Å². The molecule has 260 valence electrons. The molecule has 0 spiro atoms. The molecule has 0 heterocycles. The lowest BCUT2D eigenvalue weighted by Crippen LogP contribution is -2.13. The van der Waals surface area contributed by atoms with Crippen molar-refractivity contribution in [3.63, 3.8) is 0 Å². The molecule has 0 fully saturated rings. The summed E-state index contributed by atoms with van der Waals surface area (Å²) in [5, 5.41) is 14.7. The van der Waals surface area contributed by atoms with Gasteiger partial charge in [-0.1, -0.05) is 146 Å². The van der Waals surface area contributed by atoms with Crippen LogP contribution in [0.1, 0.15) is 22.3 Å². The maximum Gasteiger partial charge on any atom is 0.0487 e. The lowest BCUT2D eigenvalue weighted by molar-refractivity contribution is 1.10. The Morgan fingerprint density at radius 2 is 0.815 bits per heavy atom. The number of nitrogens with zero attached hydrogens (tertiary/aromatic N) is 1. The summed E-state index contributed by atoms with van der Waals surface area (Å²) in [6, 6.07) is 69.8. The highest BCUT2D eigenvalue weighted by molar-refractivity contribution is 5.97. The van der Waals surface area contributed by atoms with E-state index in [1.165, 1.54) is 65.9 Å². The second-order valence-corrected chi connectivity index (χ2v) is 14.1. The predicted molar refractivity (Wildman–Crippen MR) is 231 cm³/mol. The van der Waals surface area contributed by atoms with Crippen LogP contribution in [0.4, 0.5) is 34.1 Å². The topological polar surface area (TPSA) is 27.3 Å². The molecule has 0 atom stereocenters. The largest absolute Gasteiger partial charge is 0.355 e. The van der Waals surface area contributed by atoms with Crippen molar-refractivity contribution in [2.24, 2.45) is 0 Å². The highest BCUT2D eigenvalue weighted by Crippen LogP contribution is 2.35. The number of benzene rings is 9. The fourth-order valence-electron chi connectivity index (χ4n) is 7.70. The normalized spacial score (nSPS) is 11.2. The zero-order valence-corrected chi connectivity index (χ0v) is 30.3. The Bertz CT molecular complexity index is 2710. The standard InChI is InChI=1S/C51H41N3/c1-54(51-22-10-16-41-13-4-7-19-47(41)51)50-32-27-38(33-36-23-28-43(29-24-36)52-48-20-8-14-39-11-2-5-17-45(39)48)35-42(50)34-37-25-30-44(31-26-37)53-49-21-9-15-40-12-3-6-18-46(40)49/h2-32,35,52-53H,33-34H2,1H3. The first kappa shape index (κ1) is 33.0. The van der Waals surface area contributed by atoms with Crippen molar-refractivity contribution >= 4 is 66.4 Å². The lowest BCUT2D eigenvalue weighted by Gasteiger charge is -2.25. The van der Waals surface area contributed by atoms with Crippen LogP contribution in [0.25, 0.3) is 32.3 Å². The van der Waals surface area contributed by atoms with Gasteiger partial charge in [-0.05, 0) is 99.8 Å². The van der Waals surface area contributed by atoms with Gasteiger partial charge in [0.25, 0.3) is 0 Å². The number of nitrogens with one attached hydrogen (secondary N) is 2. The average molecular weight is 696 g/mol. The Kier molecular flexibility index (Phi) is 8.96. The molecule has 3 nitrogen and oxygen atoms in total. The second-order valence-electron chi connectivity index (χ2n) is 14.1. The number of hydrogen-bond donors (Lipinski definition) is 2. The summed E-state index contributed by atoms with van der Waals surface area (Å²) < 4.78 is 0. The van der Waals surface area contributed by atoms with Gasteiger partial charge in [0.05, 0.1) is 0 Å². The van der Waals surface area contributed by atoms with E-state index < -0.39 is 0 Å². The molecule has 0 amide bonds. The molecule has 0 aromatic heterocycles. The number of rotatable bonds is 10. The molecule has 0 aliphatic heterocycles. The molecule has 9 aromatic rings. The van der Waals surface area contributed by atoms with Gasteiger partial charge in [0.1, 0.15) is 0 Å². The molecule has 54 heavy (non-hydrogen) atoms. The predicted octanol–water partition coefficient (Wildman–Crippen LogP) is 13.6. The van der Waals surface area contributed by atoms with Crippen LogP contribution in [0.5, 0.6) is 0 Å². The summed E-state index contributed by atoms with van der Waals surface area (Å²) in [6.07, 6.45) is 1.68. The van der Waals surface area contributed by atoms with Crippen LogP contribution >= 0.6 is 0 Å². The van der Waals surface area contributed by atoms with Crippen LogP contribution in [-0.2, 0) is 12.8 Å². The first-order valence-electron chi connectivity index (χ1n) is 18.7. The fraction of sp³-hybridized carbons (Fsp3) is 0.0588. The average Bonchev–Trinajstić information content (AvgIpc) is 3.22. The summed E-state index contributed by atoms with van der Waals surface area (Å²) >= 11 is 0. The minimum Gasteiger partial charge on any atom is -0.355 e. The van der Waals surface area contributed by atoms with Crippen molar-refractivity contribution in [2.45, 2.75) is 12.8 Å². The van der Waals surface area contributed by atoms with Crippen LogP contribution in [0, 0.1) is 0 Å². The van der Waals surface area contributed by atoms with Crippen LogP contribution in [0.2, 0.25) is 0 Å². The van der Waals surface area contributed by atoms with Crippen molar-refractivity contribution in [1.29, 1.82) is 0 Å². The summed E-state index contributed by atoms with van der Waals surface area (Å²) in [5.74, 6) is 0. The first-order chi connectivity index (χ1) is 26.6. The molecule has 0 aliphatic rings. The smallest absolute Gasteiger partial charge is 0.0487 e.